The first-order chi connectivity index (χ1) is 8.36. The van der Waals surface area contributed by atoms with E-state index in [2.05, 4.69) is 21.0 Å². The van der Waals surface area contributed by atoms with Crippen molar-refractivity contribution in [1.82, 2.24) is 9.78 Å². The molecule has 0 amide bonds. The minimum absolute atomic E-state index is 0.197. The molecule has 0 radical (unpaired) electrons. The Morgan fingerprint density at radius 3 is 2.61 bits per heavy atom. The minimum Gasteiger partial charge on any atom is -0.268 e. The van der Waals surface area contributed by atoms with Crippen LogP contribution in [0.3, 0.4) is 0 Å². The molecule has 0 N–H and O–H groups in total. The monoisotopic (exact) mass is 338 g/mol. The molecule has 2 aromatic rings. The first-order valence-corrected chi connectivity index (χ1v) is 6.07. The van der Waals surface area contributed by atoms with Gasteiger partial charge in [-0.15, -0.1) is 0 Å². The van der Waals surface area contributed by atoms with Crippen molar-refractivity contribution in [2.75, 3.05) is 0 Å². The van der Waals surface area contributed by atoms with E-state index >= 15 is 0 Å². The molecule has 0 atom stereocenters. The zero-order chi connectivity index (χ0) is 13.3. The van der Waals surface area contributed by atoms with Gasteiger partial charge < -0.3 is 0 Å². The van der Waals surface area contributed by atoms with Crippen molar-refractivity contribution in [3.8, 4) is 0 Å². The second-order valence-electron chi connectivity index (χ2n) is 3.66. The minimum atomic E-state index is -4.37. The van der Waals surface area contributed by atoms with Crippen molar-refractivity contribution in [1.29, 1.82) is 0 Å². The topological polar surface area (TPSA) is 17.8 Å². The quantitative estimate of drug-likeness (QED) is 0.794. The van der Waals surface area contributed by atoms with Gasteiger partial charge in [0.05, 0.1) is 18.3 Å². The van der Waals surface area contributed by atoms with Gasteiger partial charge in [0.2, 0.25) is 0 Å². The van der Waals surface area contributed by atoms with Gasteiger partial charge in [-0.1, -0.05) is 33.6 Å². The summed E-state index contributed by atoms with van der Waals surface area (Å²) >= 11 is 9.24. The Morgan fingerprint density at radius 2 is 2.06 bits per heavy atom. The first-order valence-electron chi connectivity index (χ1n) is 4.90. The standard InChI is InChI=1S/C11H7BrClF3N2/c12-9-2-1-7(10(13)3-9)5-18-6-8(4-17-18)11(14,15)16/h1-4,6H,5H2. The fourth-order valence-electron chi connectivity index (χ4n) is 1.42. The average molecular weight is 340 g/mol. The Morgan fingerprint density at radius 1 is 1.33 bits per heavy atom. The predicted octanol–water partition coefficient (Wildman–Crippen LogP) is 4.37. The van der Waals surface area contributed by atoms with E-state index in [0.717, 1.165) is 16.9 Å². The highest BCUT2D eigenvalue weighted by atomic mass is 79.9. The fraction of sp³-hybridized carbons (Fsp3) is 0.182. The van der Waals surface area contributed by atoms with Gasteiger partial charge in [-0.2, -0.15) is 18.3 Å². The van der Waals surface area contributed by atoms with Crippen molar-refractivity contribution in [3.63, 3.8) is 0 Å². The molecular weight excluding hydrogens is 332 g/mol. The average Bonchev–Trinajstić information content (AvgIpc) is 2.70. The number of rotatable bonds is 2. The molecule has 2 rings (SSSR count). The molecule has 1 aromatic heterocycles. The predicted molar refractivity (Wildman–Crippen MR) is 65.5 cm³/mol. The van der Waals surface area contributed by atoms with E-state index < -0.39 is 11.7 Å². The van der Waals surface area contributed by atoms with Crippen LogP contribution >= 0.6 is 27.5 Å². The third kappa shape index (κ3) is 3.05. The Labute approximate surface area is 114 Å². The molecule has 0 fully saturated rings. The smallest absolute Gasteiger partial charge is 0.268 e. The van der Waals surface area contributed by atoms with E-state index in [0.29, 0.717) is 10.6 Å². The lowest BCUT2D eigenvalue weighted by atomic mass is 10.2. The number of benzene rings is 1. The lowest BCUT2D eigenvalue weighted by molar-refractivity contribution is -0.137. The van der Waals surface area contributed by atoms with Gasteiger partial charge in [0.25, 0.3) is 0 Å². The van der Waals surface area contributed by atoms with Gasteiger partial charge in [-0.05, 0) is 17.7 Å². The summed E-state index contributed by atoms with van der Waals surface area (Å²) in [6.45, 7) is 0.197. The lowest BCUT2D eigenvalue weighted by Crippen LogP contribution is -2.04. The Balaban J connectivity index is 2.21. The van der Waals surface area contributed by atoms with Gasteiger partial charge >= 0.3 is 6.18 Å². The molecule has 1 aromatic carbocycles. The highest BCUT2D eigenvalue weighted by molar-refractivity contribution is 9.10. The van der Waals surface area contributed by atoms with Crippen LogP contribution in [0.5, 0.6) is 0 Å². The van der Waals surface area contributed by atoms with Crippen LogP contribution in [0.1, 0.15) is 11.1 Å². The van der Waals surface area contributed by atoms with E-state index in [-0.39, 0.29) is 6.54 Å². The number of hydrogen-bond acceptors (Lipinski definition) is 1. The summed E-state index contributed by atoms with van der Waals surface area (Å²) < 4.78 is 39.2. The van der Waals surface area contributed by atoms with E-state index in [1.54, 1.807) is 18.2 Å². The third-order valence-electron chi connectivity index (χ3n) is 2.31. The summed E-state index contributed by atoms with van der Waals surface area (Å²) in [5, 5.41) is 4.15. The highest BCUT2D eigenvalue weighted by Crippen LogP contribution is 2.29. The maximum absolute atomic E-state index is 12.4. The Kier molecular flexibility index (Phi) is 3.68. The molecule has 0 saturated carbocycles. The normalized spacial score (nSPS) is 11.8. The molecule has 7 heteroatoms. The zero-order valence-corrected chi connectivity index (χ0v) is 11.2. The maximum atomic E-state index is 12.4. The molecule has 0 aliphatic heterocycles. The van der Waals surface area contributed by atoms with Crippen LogP contribution in [0, 0.1) is 0 Å². The van der Waals surface area contributed by atoms with Gasteiger partial charge in [-0.25, -0.2) is 0 Å². The van der Waals surface area contributed by atoms with E-state index in [1.807, 2.05) is 0 Å². The molecule has 0 bridgehead atoms. The number of aromatic nitrogens is 2. The third-order valence-corrected chi connectivity index (χ3v) is 3.15. The number of hydrogen-bond donors (Lipinski definition) is 0. The first kappa shape index (κ1) is 13.4. The SMILES string of the molecule is FC(F)(F)c1cnn(Cc2ccc(Br)cc2Cl)c1. The highest BCUT2D eigenvalue weighted by Gasteiger charge is 2.32. The summed E-state index contributed by atoms with van der Waals surface area (Å²) in [5.74, 6) is 0. The summed E-state index contributed by atoms with van der Waals surface area (Å²) in [6, 6.07) is 5.20. The second kappa shape index (κ2) is 4.93. The molecule has 0 unspecified atom stereocenters. The van der Waals surface area contributed by atoms with Crippen molar-refractivity contribution in [3.05, 3.63) is 51.2 Å². The number of nitrogens with zero attached hydrogens (tertiary/aromatic N) is 2. The summed E-state index contributed by atoms with van der Waals surface area (Å²) in [7, 11) is 0. The van der Waals surface area contributed by atoms with Gasteiger partial charge in [-0.3, -0.25) is 4.68 Å². The van der Waals surface area contributed by atoms with Crippen molar-refractivity contribution in [2.24, 2.45) is 0 Å². The zero-order valence-electron chi connectivity index (χ0n) is 8.88. The van der Waals surface area contributed by atoms with Crippen molar-refractivity contribution < 1.29 is 13.2 Å². The molecule has 96 valence electrons. The molecule has 0 saturated heterocycles. The summed E-state index contributed by atoms with van der Waals surface area (Å²) in [5.41, 5.74) is -0.0626. The molecule has 18 heavy (non-hydrogen) atoms. The maximum Gasteiger partial charge on any atom is 0.419 e. The number of halogens is 5. The summed E-state index contributed by atoms with van der Waals surface area (Å²) in [4.78, 5) is 0. The Bertz CT molecular complexity index is 566. The van der Waals surface area contributed by atoms with Gasteiger partial charge in [0.15, 0.2) is 0 Å². The van der Waals surface area contributed by atoms with Crippen molar-refractivity contribution >= 4 is 27.5 Å². The van der Waals surface area contributed by atoms with E-state index in [4.69, 9.17) is 11.6 Å². The van der Waals surface area contributed by atoms with Crippen LogP contribution in [0.15, 0.2) is 35.1 Å². The van der Waals surface area contributed by atoms with Crippen LogP contribution in [0.25, 0.3) is 0 Å². The molecular formula is C11H7BrClF3N2. The molecule has 1 heterocycles. The van der Waals surface area contributed by atoms with Gasteiger partial charge in [0, 0.05) is 15.7 Å². The molecule has 2 nitrogen and oxygen atoms in total. The summed E-state index contributed by atoms with van der Waals surface area (Å²) in [6.07, 6.45) is -2.62. The Hall–Kier alpha value is -1.01. The van der Waals surface area contributed by atoms with Crippen LogP contribution < -0.4 is 0 Å². The molecule has 0 spiro atoms. The van der Waals surface area contributed by atoms with Gasteiger partial charge in [0.1, 0.15) is 0 Å². The second-order valence-corrected chi connectivity index (χ2v) is 4.98. The molecule has 0 aliphatic carbocycles. The fourth-order valence-corrected chi connectivity index (χ4v) is 2.15. The van der Waals surface area contributed by atoms with Crippen LogP contribution in [-0.2, 0) is 12.7 Å². The van der Waals surface area contributed by atoms with Crippen LogP contribution in [0.2, 0.25) is 5.02 Å². The molecule has 0 aliphatic rings. The van der Waals surface area contributed by atoms with Crippen LogP contribution in [0.4, 0.5) is 13.2 Å². The largest absolute Gasteiger partial charge is 0.419 e. The van der Waals surface area contributed by atoms with E-state index in [1.165, 1.54) is 4.68 Å². The van der Waals surface area contributed by atoms with Crippen molar-refractivity contribution in [2.45, 2.75) is 12.7 Å². The van der Waals surface area contributed by atoms with Crippen LogP contribution in [-0.4, -0.2) is 9.78 Å². The van der Waals surface area contributed by atoms with E-state index in [9.17, 15) is 13.2 Å². The lowest BCUT2D eigenvalue weighted by Gasteiger charge is -2.05. The number of alkyl halides is 3.